The first-order chi connectivity index (χ1) is 13.1. The molecule has 0 unspecified atom stereocenters. The van der Waals surface area contributed by atoms with Crippen molar-refractivity contribution < 1.29 is 10.2 Å². The van der Waals surface area contributed by atoms with Gasteiger partial charge in [0.1, 0.15) is 16.6 Å². The molecule has 2 heterocycles. The predicted molar refractivity (Wildman–Crippen MR) is 106 cm³/mol. The first-order valence-electron chi connectivity index (χ1n) is 8.20. The Bertz CT molecular complexity index is 1250. The molecular weight excluding hydrogens is 360 g/mol. The number of nitrogens with zero attached hydrogens (tertiary/aromatic N) is 1. The van der Waals surface area contributed by atoms with Crippen LogP contribution in [-0.4, -0.2) is 15.2 Å². The molecule has 0 amide bonds. The average molecular weight is 374 g/mol. The molecule has 0 aliphatic heterocycles. The highest BCUT2D eigenvalue weighted by atomic mass is 32.1. The lowest BCUT2D eigenvalue weighted by molar-refractivity contribution is 0.282. The molecule has 4 aromatic rings. The summed E-state index contributed by atoms with van der Waals surface area (Å²) < 4.78 is 0. The summed E-state index contributed by atoms with van der Waals surface area (Å²) in [6, 6.07) is 17.1. The Labute approximate surface area is 158 Å². The van der Waals surface area contributed by atoms with Crippen molar-refractivity contribution in [1.29, 1.82) is 5.26 Å². The van der Waals surface area contributed by atoms with Crippen molar-refractivity contribution in [3.05, 3.63) is 75.4 Å². The van der Waals surface area contributed by atoms with Gasteiger partial charge in [0, 0.05) is 10.9 Å². The van der Waals surface area contributed by atoms with Crippen LogP contribution in [0, 0.1) is 11.3 Å². The van der Waals surface area contributed by atoms with E-state index in [1.165, 1.54) is 11.3 Å². The van der Waals surface area contributed by atoms with Crippen molar-refractivity contribution >= 4 is 21.6 Å². The number of rotatable bonds is 3. The van der Waals surface area contributed by atoms with Crippen LogP contribution in [0.3, 0.4) is 0 Å². The van der Waals surface area contributed by atoms with E-state index in [0.717, 1.165) is 27.8 Å². The van der Waals surface area contributed by atoms with Crippen LogP contribution in [0.5, 0.6) is 5.75 Å². The minimum atomic E-state index is -0.591. The number of aliphatic hydroxyl groups excluding tert-OH is 1. The second-order valence-electron chi connectivity index (χ2n) is 6.04. The number of pyridine rings is 1. The molecule has 0 aliphatic carbocycles. The largest absolute Gasteiger partial charge is 0.506 e. The molecule has 0 spiro atoms. The van der Waals surface area contributed by atoms with Gasteiger partial charge in [0.25, 0.3) is 5.56 Å². The summed E-state index contributed by atoms with van der Waals surface area (Å²) in [5.41, 5.74) is 3.52. The number of H-pyrrole nitrogens is 1. The Morgan fingerprint density at radius 3 is 2.37 bits per heavy atom. The smallest absolute Gasteiger partial charge is 0.270 e. The number of aromatic hydroxyl groups is 1. The zero-order valence-corrected chi connectivity index (χ0v) is 14.9. The first kappa shape index (κ1) is 17.0. The highest BCUT2D eigenvalue weighted by Gasteiger charge is 2.17. The van der Waals surface area contributed by atoms with E-state index in [1.54, 1.807) is 6.07 Å². The van der Waals surface area contributed by atoms with E-state index < -0.39 is 5.56 Å². The molecule has 6 heteroatoms. The van der Waals surface area contributed by atoms with E-state index in [-0.39, 0.29) is 17.9 Å². The third-order valence-electron chi connectivity index (χ3n) is 4.53. The summed E-state index contributed by atoms with van der Waals surface area (Å²) >= 11 is 1.30. The predicted octanol–water partition coefficient (Wildman–Crippen LogP) is 3.99. The van der Waals surface area contributed by atoms with Crippen molar-refractivity contribution in [3.63, 3.8) is 0 Å². The van der Waals surface area contributed by atoms with Gasteiger partial charge in [0.2, 0.25) is 0 Å². The van der Waals surface area contributed by atoms with Crippen molar-refractivity contribution in [1.82, 2.24) is 4.98 Å². The van der Waals surface area contributed by atoms with Gasteiger partial charge in [-0.15, -0.1) is 11.3 Å². The van der Waals surface area contributed by atoms with E-state index in [4.69, 9.17) is 5.26 Å². The molecular formula is C21H14N2O3S. The SMILES string of the molecule is N#Cc1c(O)c2c(-c3ccc(-c4ccccc4CO)cc3)csc2[nH]c1=O. The molecule has 0 atom stereocenters. The number of aliphatic hydroxyl groups is 1. The Kier molecular flexibility index (Phi) is 4.24. The summed E-state index contributed by atoms with van der Waals surface area (Å²) in [5.74, 6) is -0.290. The molecule has 0 aliphatic rings. The number of nitriles is 1. The number of hydrogen-bond donors (Lipinski definition) is 3. The minimum absolute atomic E-state index is 0.0364. The van der Waals surface area contributed by atoms with Crippen LogP contribution < -0.4 is 5.56 Å². The molecule has 0 saturated heterocycles. The maximum atomic E-state index is 11.8. The quantitative estimate of drug-likeness (QED) is 0.505. The molecule has 0 saturated carbocycles. The second kappa shape index (κ2) is 6.72. The van der Waals surface area contributed by atoms with Gasteiger partial charge in [-0.05, 0) is 22.3 Å². The zero-order valence-electron chi connectivity index (χ0n) is 14.1. The van der Waals surface area contributed by atoms with Crippen LogP contribution >= 0.6 is 11.3 Å². The maximum absolute atomic E-state index is 11.8. The van der Waals surface area contributed by atoms with E-state index in [0.29, 0.717) is 10.2 Å². The van der Waals surface area contributed by atoms with Crippen LogP contribution in [0.25, 0.3) is 32.5 Å². The van der Waals surface area contributed by atoms with Crippen molar-refractivity contribution in [2.45, 2.75) is 6.61 Å². The molecule has 0 radical (unpaired) electrons. The van der Waals surface area contributed by atoms with Gasteiger partial charge in [-0.3, -0.25) is 4.79 Å². The number of aromatic nitrogens is 1. The molecule has 2 aromatic heterocycles. The van der Waals surface area contributed by atoms with Gasteiger partial charge in [-0.25, -0.2) is 0 Å². The monoisotopic (exact) mass is 374 g/mol. The lowest BCUT2D eigenvalue weighted by atomic mass is 9.97. The molecule has 0 fully saturated rings. The Hall–Kier alpha value is -3.40. The summed E-state index contributed by atoms with van der Waals surface area (Å²) in [7, 11) is 0. The number of hydrogen-bond acceptors (Lipinski definition) is 5. The summed E-state index contributed by atoms with van der Waals surface area (Å²) in [6.07, 6.45) is 0. The maximum Gasteiger partial charge on any atom is 0.270 e. The number of benzene rings is 2. The van der Waals surface area contributed by atoms with E-state index in [1.807, 2.05) is 53.9 Å². The van der Waals surface area contributed by atoms with Crippen LogP contribution in [0.15, 0.2) is 58.7 Å². The molecule has 5 nitrogen and oxygen atoms in total. The minimum Gasteiger partial charge on any atom is -0.506 e. The normalized spacial score (nSPS) is 10.8. The van der Waals surface area contributed by atoms with Crippen LogP contribution in [0.1, 0.15) is 11.1 Å². The van der Waals surface area contributed by atoms with Gasteiger partial charge in [-0.1, -0.05) is 48.5 Å². The van der Waals surface area contributed by atoms with Crippen LogP contribution in [-0.2, 0) is 6.61 Å². The number of thiophene rings is 1. The second-order valence-corrected chi connectivity index (χ2v) is 6.92. The zero-order chi connectivity index (χ0) is 19.0. The molecule has 2 aromatic carbocycles. The van der Waals surface area contributed by atoms with Crippen molar-refractivity contribution in [3.8, 4) is 34.1 Å². The molecule has 27 heavy (non-hydrogen) atoms. The third-order valence-corrected chi connectivity index (χ3v) is 5.42. The Morgan fingerprint density at radius 1 is 1.04 bits per heavy atom. The summed E-state index contributed by atoms with van der Waals surface area (Å²) in [6.45, 7) is -0.0364. The molecule has 132 valence electrons. The van der Waals surface area contributed by atoms with Gasteiger partial charge >= 0.3 is 0 Å². The topological polar surface area (TPSA) is 97.1 Å². The summed E-state index contributed by atoms with van der Waals surface area (Å²) in [4.78, 5) is 15.0. The lowest BCUT2D eigenvalue weighted by Gasteiger charge is -2.09. The van der Waals surface area contributed by atoms with Gasteiger partial charge in [0.15, 0.2) is 5.56 Å². The number of aromatic amines is 1. The third kappa shape index (κ3) is 2.79. The highest BCUT2D eigenvalue weighted by molar-refractivity contribution is 7.17. The first-order valence-corrected chi connectivity index (χ1v) is 9.08. The van der Waals surface area contributed by atoms with Crippen molar-refractivity contribution in [2.24, 2.45) is 0 Å². The van der Waals surface area contributed by atoms with E-state index in [2.05, 4.69) is 4.98 Å². The summed E-state index contributed by atoms with van der Waals surface area (Å²) in [5, 5.41) is 31.4. The van der Waals surface area contributed by atoms with Gasteiger partial charge in [0.05, 0.1) is 12.0 Å². The fourth-order valence-electron chi connectivity index (χ4n) is 3.17. The Balaban J connectivity index is 1.84. The van der Waals surface area contributed by atoms with Gasteiger partial charge in [-0.2, -0.15) is 5.26 Å². The standard InChI is InChI=1S/C21H14N2O3S/c22-9-16-19(25)18-17(11-27-21(18)23-20(16)26)13-7-5-12(6-8-13)15-4-2-1-3-14(15)10-24/h1-8,11,24H,10H2,(H2,23,25,26). The van der Waals surface area contributed by atoms with E-state index >= 15 is 0 Å². The lowest BCUT2D eigenvalue weighted by Crippen LogP contribution is -2.09. The van der Waals surface area contributed by atoms with Crippen LogP contribution in [0.2, 0.25) is 0 Å². The van der Waals surface area contributed by atoms with Gasteiger partial charge < -0.3 is 15.2 Å². The molecule has 3 N–H and O–H groups in total. The van der Waals surface area contributed by atoms with Crippen molar-refractivity contribution in [2.75, 3.05) is 0 Å². The Morgan fingerprint density at radius 2 is 1.70 bits per heavy atom. The van der Waals surface area contributed by atoms with Crippen LogP contribution in [0.4, 0.5) is 0 Å². The molecule has 4 rings (SSSR count). The number of nitrogens with one attached hydrogen (secondary N) is 1. The van der Waals surface area contributed by atoms with E-state index in [9.17, 15) is 15.0 Å². The number of fused-ring (bicyclic) bond motifs is 1. The average Bonchev–Trinajstić information content (AvgIpc) is 3.12. The fourth-order valence-corrected chi connectivity index (χ4v) is 4.13. The highest BCUT2D eigenvalue weighted by Crippen LogP contribution is 2.39. The fraction of sp³-hybridized carbons (Fsp3) is 0.0476. The molecule has 0 bridgehead atoms.